The van der Waals surface area contributed by atoms with Gasteiger partial charge >= 0.3 is 0 Å². The highest BCUT2D eigenvalue weighted by molar-refractivity contribution is 5.44. The summed E-state index contributed by atoms with van der Waals surface area (Å²) >= 11 is 0. The quantitative estimate of drug-likeness (QED) is 0.814. The number of nitrogens with zero attached hydrogens (tertiary/aromatic N) is 2. The summed E-state index contributed by atoms with van der Waals surface area (Å²) in [6.45, 7) is 4.39. The maximum absolute atomic E-state index is 10.00. The highest BCUT2D eigenvalue weighted by atomic mass is 16.5. The Morgan fingerprint density at radius 3 is 2.77 bits per heavy atom. The number of aliphatic hydroxyl groups is 1. The van der Waals surface area contributed by atoms with Crippen LogP contribution >= 0.6 is 0 Å². The minimum atomic E-state index is -0.652. The zero-order valence-electron chi connectivity index (χ0n) is 13.0. The van der Waals surface area contributed by atoms with Gasteiger partial charge < -0.3 is 19.9 Å². The average molecular weight is 303 g/mol. The van der Waals surface area contributed by atoms with Crippen LogP contribution < -0.4 is 14.8 Å². The predicted octanol–water partition coefficient (Wildman–Crippen LogP) is 1.95. The van der Waals surface area contributed by atoms with Crippen molar-refractivity contribution >= 4 is 5.82 Å². The number of hydrogen-bond donors (Lipinski definition) is 2. The average Bonchev–Trinajstić information content (AvgIpc) is 2.54. The molecule has 0 saturated carbocycles. The van der Waals surface area contributed by atoms with Gasteiger partial charge in [-0.05, 0) is 26.0 Å². The third-order valence-corrected chi connectivity index (χ3v) is 3.32. The molecule has 0 radical (unpaired) electrons. The molecular weight excluding hydrogens is 282 g/mol. The molecule has 2 rings (SSSR count). The standard InChI is InChI=1S/C16H21N3O3/c1-11-12(2)18-10-19-16(11)17-8-13(20)9-22-15-6-4-5-14(7-15)21-3/h4-7,10,13,20H,8-9H2,1-3H3,(H,17,18,19). The van der Waals surface area contributed by atoms with Crippen LogP contribution in [0, 0.1) is 13.8 Å². The molecule has 6 heteroatoms. The van der Waals surface area contributed by atoms with Crippen LogP contribution in [-0.2, 0) is 0 Å². The molecule has 0 spiro atoms. The van der Waals surface area contributed by atoms with Gasteiger partial charge in [0.15, 0.2) is 0 Å². The Labute approximate surface area is 130 Å². The molecule has 2 aromatic rings. The van der Waals surface area contributed by atoms with E-state index in [0.29, 0.717) is 12.3 Å². The fourth-order valence-corrected chi connectivity index (χ4v) is 1.87. The van der Waals surface area contributed by atoms with E-state index in [4.69, 9.17) is 9.47 Å². The molecule has 0 saturated heterocycles. The topological polar surface area (TPSA) is 76.5 Å². The number of hydrogen-bond acceptors (Lipinski definition) is 6. The molecule has 1 aromatic carbocycles. The molecule has 0 amide bonds. The second kappa shape index (κ2) is 7.61. The smallest absolute Gasteiger partial charge is 0.132 e. The molecule has 2 N–H and O–H groups in total. The van der Waals surface area contributed by atoms with Crippen molar-refractivity contribution < 1.29 is 14.6 Å². The molecule has 0 aliphatic rings. The van der Waals surface area contributed by atoms with Gasteiger partial charge in [-0.1, -0.05) is 6.07 Å². The summed E-state index contributed by atoms with van der Waals surface area (Å²) in [6, 6.07) is 7.27. The fourth-order valence-electron chi connectivity index (χ4n) is 1.87. The van der Waals surface area contributed by atoms with E-state index in [0.717, 1.165) is 22.8 Å². The lowest BCUT2D eigenvalue weighted by Crippen LogP contribution is -2.27. The zero-order chi connectivity index (χ0) is 15.9. The Morgan fingerprint density at radius 1 is 1.23 bits per heavy atom. The summed E-state index contributed by atoms with van der Waals surface area (Å²) in [5.41, 5.74) is 1.89. The highest BCUT2D eigenvalue weighted by Crippen LogP contribution is 2.19. The summed E-state index contributed by atoms with van der Waals surface area (Å²) < 4.78 is 10.7. The Balaban J connectivity index is 1.82. The molecule has 0 aliphatic heterocycles. The number of nitrogens with one attached hydrogen (secondary N) is 1. The zero-order valence-corrected chi connectivity index (χ0v) is 13.0. The second-order valence-electron chi connectivity index (χ2n) is 4.96. The molecule has 1 unspecified atom stereocenters. The lowest BCUT2D eigenvalue weighted by atomic mass is 10.2. The molecule has 1 heterocycles. The van der Waals surface area contributed by atoms with Crippen LogP contribution in [0.15, 0.2) is 30.6 Å². The molecule has 22 heavy (non-hydrogen) atoms. The van der Waals surface area contributed by atoms with E-state index in [1.165, 1.54) is 6.33 Å². The van der Waals surface area contributed by atoms with Crippen LogP contribution in [0.2, 0.25) is 0 Å². The predicted molar refractivity (Wildman–Crippen MR) is 84.5 cm³/mol. The first-order valence-corrected chi connectivity index (χ1v) is 7.07. The van der Waals surface area contributed by atoms with Gasteiger partial charge in [0, 0.05) is 23.9 Å². The summed E-state index contributed by atoms with van der Waals surface area (Å²) in [6.07, 6.45) is 0.852. The Bertz CT molecular complexity index is 619. The van der Waals surface area contributed by atoms with Gasteiger partial charge in [-0.25, -0.2) is 9.97 Å². The fraction of sp³-hybridized carbons (Fsp3) is 0.375. The van der Waals surface area contributed by atoms with Gasteiger partial charge in [0.1, 0.15) is 36.4 Å². The summed E-state index contributed by atoms with van der Waals surface area (Å²) in [5, 5.41) is 13.1. The minimum Gasteiger partial charge on any atom is -0.497 e. The van der Waals surface area contributed by atoms with Gasteiger partial charge in [-0.15, -0.1) is 0 Å². The molecule has 0 bridgehead atoms. The normalized spacial score (nSPS) is 11.8. The maximum atomic E-state index is 10.00. The third-order valence-electron chi connectivity index (χ3n) is 3.32. The number of anilines is 1. The van der Waals surface area contributed by atoms with Crippen LogP contribution in [0.5, 0.6) is 11.5 Å². The van der Waals surface area contributed by atoms with Crippen molar-refractivity contribution in [1.82, 2.24) is 9.97 Å². The summed E-state index contributed by atoms with van der Waals surface area (Å²) in [4.78, 5) is 8.27. The van der Waals surface area contributed by atoms with Gasteiger partial charge in [0.2, 0.25) is 0 Å². The van der Waals surface area contributed by atoms with Crippen LogP contribution in [-0.4, -0.2) is 41.4 Å². The van der Waals surface area contributed by atoms with E-state index < -0.39 is 6.10 Å². The van der Waals surface area contributed by atoms with E-state index in [2.05, 4.69) is 15.3 Å². The van der Waals surface area contributed by atoms with Crippen LogP contribution in [0.1, 0.15) is 11.3 Å². The van der Waals surface area contributed by atoms with E-state index in [9.17, 15) is 5.11 Å². The third kappa shape index (κ3) is 4.33. The van der Waals surface area contributed by atoms with Crippen molar-refractivity contribution in [2.75, 3.05) is 25.6 Å². The van der Waals surface area contributed by atoms with Crippen molar-refractivity contribution in [3.05, 3.63) is 41.9 Å². The number of rotatable bonds is 7. The highest BCUT2D eigenvalue weighted by Gasteiger charge is 2.08. The monoisotopic (exact) mass is 303 g/mol. The Kier molecular flexibility index (Phi) is 5.55. The van der Waals surface area contributed by atoms with Crippen LogP contribution in [0.25, 0.3) is 0 Å². The van der Waals surface area contributed by atoms with Crippen molar-refractivity contribution in [3.8, 4) is 11.5 Å². The molecule has 6 nitrogen and oxygen atoms in total. The maximum Gasteiger partial charge on any atom is 0.132 e. The van der Waals surface area contributed by atoms with Crippen molar-refractivity contribution in [2.24, 2.45) is 0 Å². The number of aryl methyl sites for hydroxylation is 1. The van der Waals surface area contributed by atoms with Crippen LogP contribution in [0.3, 0.4) is 0 Å². The van der Waals surface area contributed by atoms with Crippen molar-refractivity contribution in [1.29, 1.82) is 0 Å². The first-order valence-electron chi connectivity index (χ1n) is 7.07. The lowest BCUT2D eigenvalue weighted by Gasteiger charge is -2.15. The molecule has 1 atom stereocenters. The molecule has 0 aliphatic carbocycles. The van der Waals surface area contributed by atoms with E-state index >= 15 is 0 Å². The SMILES string of the molecule is COc1cccc(OCC(O)CNc2ncnc(C)c2C)c1. The van der Waals surface area contributed by atoms with Crippen molar-refractivity contribution in [3.63, 3.8) is 0 Å². The van der Waals surface area contributed by atoms with Gasteiger partial charge in [-0.2, -0.15) is 0 Å². The Hall–Kier alpha value is -2.34. The van der Waals surface area contributed by atoms with Crippen molar-refractivity contribution in [2.45, 2.75) is 20.0 Å². The van der Waals surface area contributed by atoms with Gasteiger partial charge in [0.05, 0.1) is 7.11 Å². The number of benzene rings is 1. The second-order valence-corrected chi connectivity index (χ2v) is 4.96. The summed E-state index contributed by atoms with van der Waals surface area (Å²) in [7, 11) is 1.60. The van der Waals surface area contributed by atoms with Gasteiger partial charge in [0.25, 0.3) is 0 Å². The first kappa shape index (κ1) is 16.0. The van der Waals surface area contributed by atoms with Crippen LogP contribution in [0.4, 0.5) is 5.82 Å². The number of ether oxygens (including phenoxy) is 2. The lowest BCUT2D eigenvalue weighted by molar-refractivity contribution is 0.117. The minimum absolute atomic E-state index is 0.184. The van der Waals surface area contributed by atoms with E-state index in [-0.39, 0.29) is 6.61 Å². The molecular formula is C16H21N3O3. The van der Waals surface area contributed by atoms with E-state index in [1.54, 1.807) is 13.2 Å². The molecule has 0 fully saturated rings. The molecule has 118 valence electrons. The Morgan fingerprint density at radius 2 is 2.00 bits per heavy atom. The number of aliphatic hydroxyl groups excluding tert-OH is 1. The van der Waals surface area contributed by atoms with Gasteiger partial charge in [-0.3, -0.25) is 0 Å². The molecule has 1 aromatic heterocycles. The number of aromatic nitrogens is 2. The largest absolute Gasteiger partial charge is 0.497 e. The van der Waals surface area contributed by atoms with E-state index in [1.807, 2.05) is 32.0 Å². The summed E-state index contributed by atoms with van der Waals surface area (Å²) in [5.74, 6) is 2.11. The number of methoxy groups -OCH3 is 1. The first-order chi connectivity index (χ1) is 10.6.